The number of carbonyl (C=O) groups excluding carboxylic acids is 1. The van der Waals surface area contributed by atoms with Crippen molar-refractivity contribution in [1.82, 2.24) is 19.6 Å². The summed E-state index contributed by atoms with van der Waals surface area (Å²) >= 11 is 1.80. The van der Waals surface area contributed by atoms with E-state index in [0.29, 0.717) is 5.69 Å². The number of amides is 1. The van der Waals surface area contributed by atoms with E-state index in [9.17, 15) is 9.90 Å². The SMILES string of the molecule is Cc1ccsc1CN1CCn2nc([C@H](O)CC(=O)N(C)C)cc2C1. The lowest BCUT2D eigenvalue weighted by Gasteiger charge is -2.27. The normalized spacial score (nSPS) is 16.0. The van der Waals surface area contributed by atoms with E-state index < -0.39 is 6.10 Å². The van der Waals surface area contributed by atoms with Crippen LogP contribution in [-0.2, 0) is 24.4 Å². The quantitative estimate of drug-likeness (QED) is 0.895. The van der Waals surface area contributed by atoms with Crippen LogP contribution in [0.5, 0.6) is 0 Å². The standard InChI is InChI=1S/C17H24N4O2S/c1-12-4-7-24-16(12)11-20-5-6-21-13(10-20)8-14(18-21)15(22)9-17(23)19(2)3/h4,7-8,15,22H,5-6,9-11H2,1-3H3/t15-/m1/s1. The molecule has 24 heavy (non-hydrogen) atoms. The molecule has 3 heterocycles. The molecule has 3 rings (SSSR count). The monoisotopic (exact) mass is 348 g/mol. The number of nitrogens with zero attached hydrogens (tertiary/aromatic N) is 4. The molecule has 6 nitrogen and oxygen atoms in total. The largest absolute Gasteiger partial charge is 0.386 e. The fourth-order valence-electron chi connectivity index (χ4n) is 2.86. The highest BCUT2D eigenvalue weighted by molar-refractivity contribution is 7.10. The Morgan fingerprint density at radius 1 is 1.46 bits per heavy atom. The first kappa shape index (κ1) is 17.1. The van der Waals surface area contributed by atoms with Crippen LogP contribution in [0.3, 0.4) is 0 Å². The maximum atomic E-state index is 11.8. The van der Waals surface area contributed by atoms with Crippen LogP contribution in [0.1, 0.15) is 34.4 Å². The van der Waals surface area contributed by atoms with Gasteiger partial charge in [-0.05, 0) is 30.0 Å². The van der Waals surface area contributed by atoms with E-state index in [0.717, 1.165) is 31.9 Å². The number of aliphatic hydroxyl groups is 1. The molecule has 0 spiro atoms. The summed E-state index contributed by atoms with van der Waals surface area (Å²) in [5.41, 5.74) is 3.04. The van der Waals surface area contributed by atoms with Crippen molar-refractivity contribution in [2.75, 3.05) is 20.6 Å². The zero-order chi connectivity index (χ0) is 17.3. The fourth-order valence-corrected chi connectivity index (χ4v) is 3.81. The highest BCUT2D eigenvalue weighted by atomic mass is 32.1. The maximum Gasteiger partial charge on any atom is 0.225 e. The van der Waals surface area contributed by atoms with Crippen molar-refractivity contribution < 1.29 is 9.90 Å². The molecule has 0 fully saturated rings. The van der Waals surface area contributed by atoms with Gasteiger partial charge in [0.05, 0.1) is 24.4 Å². The molecule has 1 amide bonds. The third kappa shape index (κ3) is 3.68. The van der Waals surface area contributed by atoms with E-state index in [1.54, 1.807) is 25.4 Å². The first-order chi connectivity index (χ1) is 11.4. The molecule has 1 atom stereocenters. The summed E-state index contributed by atoms with van der Waals surface area (Å²) in [6, 6.07) is 4.09. The van der Waals surface area contributed by atoms with E-state index in [-0.39, 0.29) is 12.3 Å². The van der Waals surface area contributed by atoms with Crippen LogP contribution in [0.15, 0.2) is 17.5 Å². The smallest absolute Gasteiger partial charge is 0.225 e. The van der Waals surface area contributed by atoms with E-state index in [4.69, 9.17) is 0 Å². The molecule has 0 aromatic carbocycles. The number of hydrogen-bond donors (Lipinski definition) is 1. The Hall–Kier alpha value is -1.70. The highest BCUT2D eigenvalue weighted by Gasteiger charge is 2.23. The van der Waals surface area contributed by atoms with Gasteiger partial charge in [-0.1, -0.05) is 0 Å². The molecule has 1 aliphatic rings. The summed E-state index contributed by atoms with van der Waals surface area (Å²) in [6.07, 6.45) is -0.771. The molecular formula is C17H24N4O2S. The summed E-state index contributed by atoms with van der Waals surface area (Å²) < 4.78 is 1.95. The zero-order valence-electron chi connectivity index (χ0n) is 14.4. The molecule has 0 unspecified atom stereocenters. The van der Waals surface area contributed by atoms with Crippen molar-refractivity contribution >= 4 is 17.2 Å². The number of rotatable bonds is 5. The molecule has 7 heteroatoms. The number of aromatic nitrogens is 2. The van der Waals surface area contributed by atoms with Crippen molar-refractivity contribution in [3.8, 4) is 0 Å². The second-order valence-electron chi connectivity index (χ2n) is 6.53. The molecule has 0 saturated heterocycles. The predicted octanol–water partition coefficient (Wildman–Crippen LogP) is 1.78. The van der Waals surface area contributed by atoms with Gasteiger partial charge in [0, 0.05) is 38.6 Å². The summed E-state index contributed by atoms with van der Waals surface area (Å²) in [5, 5.41) is 16.9. The molecule has 130 valence electrons. The maximum absolute atomic E-state index is 11.8. The number of aliphatic hydroxyl groups excluding tert-OH is 1. The average Bonchev–Trinajstić information content (AvgIpc) is 3.13. The minimum atomic E-state index is -0.842. The van der Waals surface area contributed by atoms with Crippen LogP contribution < -0.4 is 0 Å². The molecular weight excluding hydrogens is 324 g/mol. The number of aryl methyl sites for hydroxylation is 1. The Balaban J connectivity index is 1.66. The summed E-state index contributed by atoms with van der Waals surface area (Å²) in [5.74, 6) is -0.0942. The highest BCUT2D eigenvalue weighted by Crippen LogP contribution is 2.24. The molecule has 2 aromatic heterocycles. The summed E-state index contributed by atoms with van der Waals surface area (Å²) in [7, 11) is 3.38. The fraction of sp³-hybridized carbons (Fsp3) is 0.529. The van der Waals surface area contributed by atoms with Gasteiger partial charge in [-0.2, -0.15) is 5.10 Å². The first-order valence-corrected chi connectivity index (χ1v) is 9.02. The molecule has 0 radical (unpaired) electrons. The first-order valence-electron chi connectivity index (χ1n) is 8.14. The van der Waals surface area contributed by atoms with Crippen molar-refractivity contribution in [3.05, 3.63) is 39.3 Å². The van der Waals surface area contributed by atoms with Gasteiger partial charge >= 0.3 is 0 Å². The van der Waals surface area contributed by atoms with Gasteiger partial charge in [-0.3, -0.25) is 14.4 Å². The second kappa shape index (κ2) is 7.04. The number of fused-ring (bicyclic) bond motifs is 1. The van der Waals surface area contributed by atoms with Crippen molar-refractivity contribution in [2.24, 2.45) is 0 Å². The van der Waals surface area contributed by atoms with Gasteiger partial charge in [0.25, 0.3) is 0 Å². The minimum Gasteiger partial charge on any atom is -0.386 e. The van der Waals surface area contributed by atoms with Gasteiger partial charge < -0.3 is 10.0 Å². The molecule has 1 aliphatic heterocycles. The third-order valence-corrected chi connectivity index (χ3v) is 5.45. The third-order valence-electron chi connectivity index (χ3n) is 4.44. The van der Waals surface area contributed by atoms with Crippen LogP contribution in [0.2, 0.25) is 0 Å². The Labute approximate surface area is 146 Å². The van der Waals surface area contributed by atoms with Crippen molar-refractivity contribution in [2.45, 2.75) is 39.1 Å². The van der Waals surface area contributed by atoms with Crippen LogP contribution in [0.4, 0.5) is 0 Å². The van der Waals surface area contributed by atoms with Crippen LogP contribution in [0.25, 0.3) is 0 Å². The number of hydrogen-bond acceptors (Lipinski definition) is 5. The summed E-state index contributed by atoms with van der Waals surface area (Å²) in [4.78, 5) is 17.0. The second-order valence-corrected chi connectivity index (χ2v) is 7.53. The van der Waals surface area contributed by atoms with Crippen molar-refractivity contribution in [3.63, 3.8) is 0 Å². The lowest BCUT2D eigenvalue weighted by Crippen LogP contribution is -2.33. The Kier molecular flexibility index (Phi) is 5.03. The average molecular weight is 348 g/mol. The molecule has 1 N–H and O–H groups in total. The van der Waals surface area contributed by atoms with Crippen LogP contribution in [0, 0.1) is 6.92 Å². The predicted molar refractivity (Wildman–Crippen MR) is 93.7 cm³/mol. The molecule has 0 saturated carbocycles. The van der Waals surface area contributed by atoms with Crippen LogP contribution in [-0.4, -0.2) is 51.2 Å². The van der Waals surface area contributed by atoms with E-state index in [1.165, 1.54) is 15.3 Å². The zero-order valence-corrected chi connectivity index (χ0v) is 15.2. The Morgan fingerprint density at radius 2 is 2.25 bits per heavy atom. The van der Waals surface area contributed by atoms with E-state index >= 15 is 0 Å². The lowest BCUT2D eigenvalue weighted by atomic mass is 10.1. The van der Waals surface area contributed by atoms with Crippen molar-refractivity contribution in [1.29, 1.82) is 0 Å². The van der Waals surface area contributed by atoms with Gasteiger partial charge in [0.1, 0.15) is 6.10 Å². The summed E-state index contributed by atoms with van der Waals surface area (Å²) in [6.45, 7) is 5.67. The van der Waals surface area contributed by atoms with Gasteiger partial charge in [-0.25, -0.2) is 0 Å². The van der Waals surface area contributed by atoms with Gasteiger partial charge in [0.2, 0.25) is 5.91 Å². The molecule has 0 bridgehead atoms. The van der Waals surface area contributed by atoms with Gasteiger partial charge in [-0.15, -0.1) is 11.3 Å². The number of thiophene rings is 1. The van der Waals surface area contributed by atoms with Crippen LogP contribution >= 0.6 is 11.3 Å². The van der Waals surface area contributed by atoms with E-state index in [1.807, 2.05) is 10.7 Å². The molecule has 0 aliphatic carbocycles. The Bertz CT molecular complexity index is 722. The molecule has 2 aromatic rings. The topological polar surface area (TPSA) is 61.6 Å². The Morgan fingerprint density at radius 3 is 2.92 bits per heavy atom. The lowest BCUT2D eigenvalue weighted by molar-refractivity contribution is -0.130. The minimum absolute atomic E-state index is 0.0710. The number of carbonyl (C=O) groups is 1. The van der Waals surface area contributed by atoms with Gasteiger partial charge in [0.15, 0.2) is 0 Å². The van der Waals surface area contributed by atoms with E-state index in [2.05, 4.69) is 28.4 Å².